The molecule has 0 N–H and O–H groups in total. The van der Waals surface area contributed by atoms with Gasteiger partial charge in [-0.1, -0.05) is 24.3 Å². The number of hydrogen-bond donors (Lipinski definition) is 0. The fourth-order valence-corrected chi connectivity index (χ4v) is 3.72. The highest BCUT2D eigenvalue weighted by molar-refractivity contribution is 5.78. The zero-order valence-electron chi connectivity index (χ0n) is 13.2. The number of hydrogen-bond acceptors (Lipinski definition) is 3. The highest BCUT2D eigenvalue weighted by Crippen LogP contribution is 2.33. The van der Waals surface area contributed by atoms with Crippen LogP contribution >= 0.6 is 0 Å². The van der Waals surface area contributed by atoms with Crippen molar-refractivity contribution in [2.45, 2.75) is 38.5 Å². The van der Waals surface area contributed by atoms with E-state index in [1.54, 1.807) is 0 Å². The second-order valence-corrected chi connectivity index (χ2v) is 7.03. The Bertz CT molecular complexity index is 570. The molecule has 22 heavy (non-hydrogen) atoms. The number of benzene rings is 1. The van der Waals surface area contributed by atoms with E-state index >= 15 is 0 Å². The molecule has 4 nitrogen and oxygen atoms in total. The molecule has 0 radical (unpaired) electrons. The number of likely N-dealkylation sites (tertiary alicyclic amines) is 1. The first-order chi connectivity index (χ1) is 10.7. The van der Waals surface area contributed by atoms with Gasteiger partial charge >= 0.3 is 0 Å². The number of aryl methyl sites for hydroxylation is 1. The second kappa shape index (κ2) is 5.67. The van der Waals surface area contributed by atoms with Crippen LogP contribution in [0.3, 0.4) is 0 Å². The van der Waals surface area contributed by atoms with Crippen LogP contribution in [0, 0.1) is 12.8 Å². The molecule has 1 aromatic carbocycles. The lowest BCUT2D eigenvalue weighted by Gasteiger charge is -2.36. The van der Waals surface area contributed by atoms with Gasteiger partial charge < -0.3 is 9.64 Å². The van der Waals surface area contributed by atoms with Gasteiger partial charge in [0, 0.05) is 26.2 Å². The lowest BCUT2D eigenvalue weighted by atomic mass is 10.1. The number of fused-ring (bicyclic) bond motifs is 1. The Morgan fingerprint density at radius 3 is 2.82 bits per heavy atom. The SMILES string of the molecule is Cc1ccccc1CN1CC2OCC(=O)N(CC3CC3)C2C1. The third-order valence-corrected chi connectivity index (χ3v) is 5.26. The molecule has 2 atom stereocenters. The second-order valence-electron chi connectivity index (χ2n) is 7.03. The van der Waals surface area contributed by atoms with Gasteiger partial charge in [0.15, 0.2) is 0 Å². The van der Waals surface area contributed by atoms with E-state index in [4.69, 9.17) is 4.74 Å². The average molecular weight is 300 g/mol. The van der Waals surface area contributed by atoms with E-state index in [-0.39, 0.29) is 24.7 Å². The molecular weight excluding hydrogens is 276 g/mol. The number of carbonyl (C=O) groups is 1. The van der Waals surface area contributed by atoms with Crippen molar-refractivity contribution in [3.8, 4) is 0 Å². The molecule has 2 aliphatic heterocycles. The van der Waals surface area contributed by atoms with Gasteiger partial charge in [0.05, 0.1) is 12.1 Å². The van der Waals surface area contributed by atoms with Crippen molar-refractivity contribution in [1.29, 1.82) is 0 Å². The number of carbonyl (C=O) groups excluding carboxylic acids is 1. The van der Waals surface area contributed by atoms with Gasteiger partial charge in [0.1, 0.15) is 6.61 Å². The maximum Gasteiger partial charge on any atom is 0.248 e. The van der Waals surface area contributed by atoms with Crippen molar-refractivity contribution in [3.05, 3.63) is 35.4 Å². The standard InChI is InChI=1S/C18H24N2O2/c1-13-4-2-3-5-15(13)9-19-10-16-17(11-19)22-12-18(21)20(16)8-14-6-7-14/h2-5,14,16-17H,6-12H2,1H3. The molecule has 1 saturated carbocycles. The third kappa shape index (κ3) is 2.77. The first-order valence-electron chi connectivity index (χ1n) is 8.38. The van der Waals surface area contributed by atoms with Crippen LogP contribution in [0.15, 0.2) is 24.3 Å². The first-order valence-corrected chi connectivity index (χ1v) is 8.38. The molecule has 0 spiro atoms. The van der Waals surface area contributed by atoms with Crippen LogP contribution < -0.4 is 0 Å². The maximum atomic E-state index is 12.2. The largest absolute Gasteiger partial charge is 0.365 e. The minimum Gasteiger partial charge on any atom is -0.365 e. The normalized spacial score (nSPS) is 29.0. The van der Waals surface area contributed by atoms with Gasteiger partial charge in [-0.15, -0.1) is 0 Å². The van der Waals surface area contributed by atoms with E-state index in [1.807, 2.05) is 0 Å². The minimum absolute atomic E-state index is 0.186. The van der Waals surface area contributed by atoms with E-state index < -0.39 is 0 Å². The van der Waals surface area contributed by atoms with Gasteiger partial charge in [0.2, 0.25) is 5.91 Å². The first kappa shape index (κ1) is 14.2. The van der Waals surface area contributed by atoms with Gasteiger partial charge in [0.25, 0.3) is 0 Å². The Hall–Kier alpha value is -1.39. The van der Waals surface area contributed by atoms with Crippen molar-refractivity contribution < 1.29 is 9.53 Å². The van der Waals surface area contributed by atoms with E-state index in [1.165, 1.54) is 24.0 Å². The van der Waals surface area contributed by atoms with Gasteiger partial charge in [-0.05, 0) is 36.8 Å². The molecule has 2 unspecified atom stereocenters. The summed E-state index contributed by atoms with van der Waals surface area (Å²) in [5.41, 5.74) is 2.71. The van der Waals surface area contributed by atoms with E-state index in [0.29, 0.717) is 0 Å². The van der Waals surface area contributed by atoms with E-state index in [9.17, 15) is 4.79 Å². The number of nitrogens with zero attached hydrogens (tertiary/aromatic N) is 2. The van der Waals surface area contributed by atoms with E-state index in [2.05, 4.69) is 41.0 Å². The number of ether oxygens (including phenoxy) is 1. The van der Waals surface area contributed by atoms with E-state index in [0.717, 1.165) is 32.1 Å². The fraction of sp³-hybridized carbons (Fsp3) is 0.611. The smallest absolute Gasteiger partial charge is 0.248 e. The number of amides is 1. The van der Waals surface area contributed by atoms with Crippen molar-refractivity contribution in [2.24, 2.45) is 5.92 Å². The lowest BCUT2D eigenvalue weighted by molar-refractivity contribution is -0.153. The summed E-state index contributed by atoms with van der Waals surface area (Å²) < 4.78 is 5.81. The summed E-state index contributed by atoms with van der Waals surface area (Å²) in [4.78, 5) is 16.8. The van der Waals surface area contributed by atoms with Crippen LogP contribution in [0.4, 0.5) is 0 Å². The van der Waals surface area contributed by atoms with Crippen LogP contribution in [0.5, 0.6) is 0 Å². The molecule has 0 aromatic heterocycles. The molecule has 2 saturated heterocycles. The molecule has 1 amide bonds. The summed E-state index contributed by atoms with van der Waals surface area (Å²) in [5, 5.41) is 0. The van der Waals surface area contributed by atoms with Crippen molar-refractivity contribution in [1.82, 2.24) is 9.80 Å². The zero-order chi connectivity index (χ0) is 15.1. The summed E-state index contributed by atoms with van der Waals surface area (Å²) in [7, 11) is 0. The number of morpholine rings is 1. The molecular formula is C18H24N2O2. The molecule has 1 aromatic rings. The third-order valence-electron chi connectivity index (χ3n) is 5.26. The van der Waals surface area contributed by atoms with Gasteiger partial charge in [-0.2, -0.15) is 0 Å². The van der Waals surface area contributed by atoms with Crippen molar-refractivity contribution in [2.75, 3.05) is 26.2 Å². The van der Waals surface area contributed by atoms with Crippen LogP contribution in [0.25, 0.3) is 0 Å². The molecule has 118 valence electrons. The lowest BCUT2D eigenvalue weighted by Crippen LogP contribution is -2.54. The Kier molecular flexibility index (Phi) is 3.66. The molecule has 3 fully saturated rings. The quantitative estimate of drug-likeness (QED) is 0.850. The summed E-state index contributed by atoms with van der Waals surface area (Å²) in [6.07, 6.45) is 2.77. The van der Waals surface area contributed by atoms with Crippen molar-refractivity contribution in [3.63, 3.8) is 0 Å². The fourth-order valence-electron chi connectivity index (χ4n) is 3.72. The Morgan fingerprint density at radius 1 is 1.23 bits per heavy atom. The Balaban J connectivity index is 1.45. The molecule has 2 heterocycles. The van der Waals surface area contributed by atoms with Crippen LogP contribution in [0.2, 0.25) is 0 Å². The number of rotatable bonds is 4. The minimum atomic E-state index is 0.186. The van der Waals surface area contributed by atoms with Crippen molar-refractivity contribution >= 4 is 5.91 Å². The monoisotopic (exact) mass is 300 g/mol. The van der Waals surface area contributed by atoms with Crippen LogP contribution in [-0.2, 0) is 16.1 Å². The molecule has 3 aliphatic rings. The molecule has 1 aliphatic carbocycles. The topological polar surface area (TPSA) is 32.8 Å². The summed E-state index contributed by atoms with van der Waals surface area (Å²) >= 11 is 0. The van der Waals surface area contributed by atoms with Gasteiger partial charge in [-0.25, -0.2) is 0 Å². The average Bonchev–Trinajstić information content (AvgIpc) is 3.23. The summed E-state index contributed by atoms with van der Waals surface area (Å²) in [6.45, 7) is 6.21. The molecule has 0 bridgehead atoms. The molecule has 4 heteroatoms. The summed E-state index contributed by atoms with van der Waals surface area (Å²) in [5.74, 6) is 0.930. The zero-order valence-corrected chi connectivity index (χ0v) is 13.2. The summed E-state index contributed by atoms with van der Waals surface area (Å²) in [6, 6.07) is 8.81. The Labute approximate surface area is 132 Å². The predicted molar refractivity (Wildman–Crippen MR) is 84.4 cm³/mol. The predicted octanol–water partition coefficient (Wildman–Crippen LogP) is 1.82. The van der Waals surface area contributed by atoms with Gasteiger partial charge in [-0.3, -0.25) is 9.69 Å². The Morgan fingerprint density at radius 2 is 2.05 bits per heavy atom. The highest BCUT2D eigenvalue weighted by atomic mass is 16.5. The van der Waals surface area contributed by atoms with Crippen LogP contribution in [0.1, 0.15) is 24.0 Å². The van der Waals surface area contributed by atoms with Crippen LogP contribution in [-0.4, -0.2) is 54.1 Å². The molecule has 4 rings (SSSR count). The highest BCUT2D eigenvalue weighted by Gasteiger charge is 2.44. The maximum absolute atomic E-state index is 12.2.